The van der Waals surface area contributed by atoms with Crippen LogP contribution in [0.25, 0.3) is 22.9 Å². The maximum absolute atomic E-state index is 12.1. The van der Waals surface area contributed by atoms with Gasteiger partial charge in [0.15, 0.2) is 0 Å². The minimum atomic E-state index is -1.08. The van der Waals surface area contributed by atoms with Crippen LogP contribution in [0.15, 0.2) is 91.0 Å². The van der Waals surface area contributed by atoms with Gasteiger partial charge in [-0.05, 0) is 38.6 Å². The molecular formula is C26H20O. The maximum Gasteiger partial charge on any atom is 0.120 e. The normalized spacial score (nSPS) is 18.0. The second-order valence-corrected chi connectivity index (χ2v) is 7.19. The SMILES string of the molecule is OC1(Cc2ccccc2)c2ccccc2C=Cc2c1ccc1ccccc21. The van der Waals surface area contributed by atoms with Crippen LogP contribution in [0.2, 0.25) is 0 Å². The third-order valence-electron chi connectivity index (χ3n) is 5.55. The topological polar surface area (TPSA) is 20.2 Å². The summed E-state index contributed by atoms with van der Waals surface area (Å²) in [6, 6.07) is 31.0. The molecule has 0 amide bonds. The van der Waals surface area contributed by atoms with Crippen LogP contribution in [0, 0.1) is 0 Å². The Morgan fingerprint density at radius 2 is 1.37 bits per heavy atom. The zero-order valence-electron chi connectivity index (χ0n) is 15.0. The van der Waals surface area contributed by atoms with Gasteiger partial charge in [0.05, 0.1) is 0 Å². The molecule has 4 aromatic rings. The summed E-state index contributed by atoms with van der Waals surface area (Å²) < 4.78 is 0. The first-order chi connectivity index (χ1) is 13.3. The average Bonchev–Trinajstić information content (AvgIpc) is 2.84. The summed E-state index contributed by atoms with van der Waals surface area (Å²) in [6.45, 7) is 0. The van der Waals surface area contributed by atoms with Crippen LogP contribution in [0.4, 0.5) is 0 Å². The third kappa shape index (κ3) is 2.59. The van der Waals surface area contributed by atoms with E-state index in [0.29, 0.717) is 6.42 Å². The molecule has 1 N–H and O–H groups in total. The minimum Gasteiger partial charge on any atom is -0.380 e. The molecule has 1 nitrogen and oxygen atoms in total. The summed E-state index contributed by atoms with van der Waals surface area (Å²) in [5, 5.41) is 14.5. The van der Waals surface area contributed by atoms with Crippen molar-refractivity contribution in [1.29, 1.82) is 0 Å². The van der Waals surface area contributed by atoms with Gasteiger partial charge >= 0.3 is 0 Å². The molecule has 0 saturated heterocycles. The Morgan fingerprint density at radius 3 is 2.26 bits per heavy atom. The van der Waals surface area contributed by atoms with E-state index in [1.165, 1.54) is 10.8 Å². The van der Waals surface area contributed by atoms with Gasteiger partial charge < -0.3 is 5.11 Å². The van der Waals surface area contributed by atoms with E-state index in [-0.39, 0.29) is 0 Å². The van der Waals surface area contributed by atoms with Crippen molar-refractivity contribution >= 4 is 22.9 Å². The number of aliphatic hydroxyl groups is 1. The Kier molecular flexibility index (Phi) is 3.70. The molecule has 0 radical (unpaired) electrons. The van der Waals surface area contributed by atoms with Gasteiger partial charge in [0.25, 0.3) is 0 Å². The predicted molar refractivity (Wildman–Crippen MR) is 112 cm³/mol. The number of rotatable bonds is 2. The molecule has 1 aliphatic carbocycles. The highest BCUT2D eigenvalue weighted by Crippen LogP contribution is 2.42. The van der Waals surface area contributed by atoms with Gasteiger partial charge in [0, 0.05) is 6.42 Å². The molecule has 1 aliphatic rings. The van der Waals surface area contributed by atoms with Crippen LogP contribution in [0.3, 0.4) is 0 Å². The fourth-order valence-electron chi connectivity index (χ4n) is 4.25. The summed E-state index contributed by atoms with van der Waals surface area (Å²) in [5.74, 6) is 0. The lowest BCUT2D eigenvalue weighted by Gasteiger charge is -2.32. The Morgan fingerprint density at radius 1 is 0.630 bits per heavy atom. The number of fused-ring (bicyclic) bond motifs is 4. The van der Waals surface area contributed by atoms with E-state index in [1.807, 2.05) is 36.4 Å². The Labute approximate surface area is 159 Å². The molecule has 1 heteroatoms. The first-order valence-electron chi connectivity index (χ1n) is 9.32. The van der Waals surface area contributed by atoms with Crippen LogP contribution in [-0.4, -0.2) is 5.11 Å². The van der Waals surface area contributed by atoms with Crippen molar-refractivity contribution in [2.75, 3.05) is 0 Å². The Bertz CT molecular complexity index is 1160. The molecule has 0 fully saturated rings. The highest BCUT2D eigenvalue weighted by molar-refractivity contribution is 5.96. The van der Waals surface area contributed by atoms with Crippen LogP contribution in [0.5, 0.6) is 0 Å². The van der Waals surface area contributed by atoms with Crippen molar-refractivity contribution in [2.45, 2.75) is 12.0 Å². The molecule has 0 saturated carbocycles. The number of hydrogen-bond donors (Lipinski definition) is 1. The van der Waals surface area contributed by atoms with Gasteiger partial charge in [0.1, 0.15) is 5.60 Å². The zero-order chi connectivity index (χ0) is 18.3. The van der Waals surface area contributed by atoms with Crippen molar-refractivity contribution in [1.82, 2.24) is 0 Å². The van der Waals surface area contributed by atoms with Crippen molar-refractivity contribution in [2.24, 2.45) is 0 Å². The van der Waals surface area contributed by atoms with Crippen molar-refractivity contribution in [3.05, 3.63) is 119 Å². The molecule has 4 aromatic carbocycles. The van der Waals surface area contributed by atoms with Crippen LogP contribution >= 0.6 is 0 Å². The van der Waals surface area contributed by atoms with Crippen LogP contribution in [0.1, 0.15) is 27.8 Å². The summed E-state index contributed by atoms with van der Waals surface area (Å²) in [5.41, 5.74) is 4.13. The van der Waals surface area contributed by atoms with Gasteiger partial charge in [-0.1, -0.05) is 103 Å². The lowest BCUT2D eigenvalue weighted by Crippen LogP contribution is -2.31. The molecule has 5 rings (SSSR count). The number of benzene rings is 4. The van der Waals surface area contributed by atoms with Crippen molar-refractivity contribution in [3.8, 4) is 0 Å². The van der Waals surface area contributed by atoms with E-state index < -0.39 is 5.60 Å². The molecule has 0 aliphatic heterocycles. The van der Waals surface area contributed by atoms with E-state index in [2.05, 4.69) is 66.7 Å². The number of hydrogen-bond acceptors (Lipinski definition) is 1. The largest absolute Gasteiger partial charge is 0.380 e. The first kappa shape index (κ1) is 16.0. The molecule has 27 heavy (non-hydrogen) atoms. The van der Waals surface area contributed by atoms with E-state index >= 15 is 0 Å². The van der Waals surface area contributed by atoms with Gasteiger partial charge in [-0.2, -0.15) is 0 Å². The summed E-state index contributed by atoms with van der Waals surface area (Å²) in [7, 11) is 0. The second kappa shape index (κ2) is 6.22. The monoisotopic (exact) mass is 348 g/mol. The van der Waals surface area contributed by atoms with E-state index in [0.717, 1.165) is 27.8 Å². The molecule has 0 spiro atoms. The Hall–Kier alpha value is -3.16. The molecule has 1 unspecified atom stereocenters. The summed E-state index contributed by atoms with van der Waals surface area (Å²) >= 11 is 0. The van der Waals surface area contributed by atoms with E-state index in [9.17, 15) is 5.11 Å². The summed E-state index contributed by atoms with van der Waals surface area (Å²) in [4.78, 5) is 0. The zero-order valence-corrected chi connectivity index (χ0v) is 15.0. The third-order valence-corrected chi connectivity index (χ3v) is 5.55. The highest BCUT2D eigenvalue weighted by Gasteiger charge is 2.36. The minimum absolute atomic E-state index is 0.540. The molecule has 1 atom stereocenters. The predicted octanol–water partition coefficient (Wildman–Crippen LogP) is 5.80. The van der Waals surface area contributed by atoms with Gasteiger partial charge in [-0.15, -0.1) is 0 Å². The average molecular weight is 348 g/mol. The standard InChI is InChI=1S/C26H20O/c27-26(18-19-8-2-1-3-9-19)24-13-7-5-11-21(24)14-16-23-22-12-6-4-10-20(22)15-17-25(23)26/h1-17,27H,18H2. The molecule has 130 valence electrons. The van der Waals surface area contributed by atoms with Crippen molar-refractivity contribution < 1.29 is 5.11 Å². The summed E-state index contributed by atoms with van der Waals surface area (Å²) in [6.07, 6.45) is 4.82. The fraction of sp³-hybridized carbons (Fsp3) is 0.0769. The van der Waals surface area contributed by atoms with Gasteiger partial charge in [-0.3, -0.25) is 0 Å². The quantitative estimate of drug-likeness (QED) is 0.485. The molecule has 0 heterocycles. The first-order valence-corrected chi connectivity index (χ1v) is 9.32. The lowest BCUT2D eigenvalue weighted by molar-refractivity contribution is 0.0811. The maximum atomic E-state index is 12.1. The van der Waals surface area contributed by atoms with Crippen LogP contribution in [-0.2, 0) is 12.0 Å². The van der Waals surface area contributed by atoms with Gasteiger partial charge in [-0.25, -0.2) is 0 Å². The van der Waals surface area contributed by atoms with Crippen LogP contribution < -0.4 is 0 Å². The fourth-order valence-corrected chi connectivity index (χ4v) is 4.25. The smallest absolute Gasteiger partial charge is 0.120 e. The molecule has 0 aromatic heterocycles. The molecular weight excluding hydrogens is 328 g/mol. The van der Waals surface area contributed by atoms with Gasteiger partial charge in [0.2, 0.25) is 0 Å². The van der Waals surface area contributed by atoms with E-state index in [1.54, 1.807) is 0 Å². The van der Waals surface area contributed by atoms with Crippen molar-refractivity contribution in [3.63, 3.8) is 0 Å². The van der Waals surface area contributed by atoms with E-state index in [4.69, 9.17) is 0 Å². The highest BCUT2D eigenvalue weighted by atomic mass is 16.3. The second-order valence-electron chi connectivity index (χ2n) is 7.19. The lowest BCUT2D eigenvalue weighted by atomic mass is 9.78. The Balaban J connectivity index is 1.82. The molecule has 0 bridgehead atoms.